The second kappa shape index (κ2) is 64.2. The van der Waals surface area contributed by atoms with Crippen LogP contribution in [-0.4, -0.2) is 37.2 Å². The first-order valence-corrected chi connectivity index (χ1v) is 33.5. The Morgan fingerprint density at radius 2 is 0.480 bits per heavy atom. The molecule has 0 aliphatic rings. The number of carbonyl (C=O) groups excluding carboxylic acids is 3. The maximum absolute atomic E-state index is 12.9. The van der Waals surface area contributed by atoms with Crippen molar-refractivity contribution in [2.75, 3.05) is 13.2 Å². The second-order valence-corrected chi connectivity index (χ2v) is 22.7. The Labute approximate surface area is 467 Å². The smallest absolute Gasteiger partial charge is 0.306 e. The zero-order valence-corrected chi connectivity index (χ0v) is 50.6. The lowest BCUT2D eigenvalue weighted by Crippen LogP contribution is -2.30. The Kier molecular flexibility index (Phi) is 62.1. The first kappa shape index (κ1) is 72.6. The van der Waals surface area contributed by atoms with Crippen LogP contribution in [0, 0.1) is 0 Å². The van der Waals surface area contributed by atoms with Crippen LogP contribution >= 0.6 is 0 Å². The summed E-state index contributed by atoms with van der Waals surface area (Å²) >= 11 is 0. The largest absolute Gasteiger partial charge is 0.462 e. The molecule has 0 N–H and O–H groups in total. The van der Waals surface area contributed by atoms with Gasteiger partial charge in [-0.3, -0.25) is 14.4 Å². The minimum atomic E-state index is -0.770. The Bertz CT molecular complexity index is 1250. The van der Waals surface area contributed by atoms with Gasteiger partial charge in [-0.2, -0.15) is 0 Å². The molecule has 0 amide bonds. The predicted octanol–water partition coefficient (Wildman–Crippen LogP) is 22.8. The zero-order valence-electron chi connectivity index (χ0n) is 50.6. The molecule has 0 saturated carbocycles. The topological polar surface area (TPSA) is 78.9 Å². The van der Waals surface area contributed by atoms with E-state index >= 15 is 0 Å². The van der Waals surface area contributed by atoms with Gasteiger partial charge in [-0.25, -0.2) is 0 Å². The van der Waals surface area contributed by atoms with Gasteiger partial charge in [0, 0.05) is 19.3 Å². The predicted molar refractivity (Wildman–Crippen MR) is 326 cm³/mol. The number of carbonyl (C=O) groups is 3. The molecule has 0 aromatic carbocycles. The number of ether oxygens (including phenoxy) is 3. The Balaban J connectivity index is 4.06. The van der Waals surface area contributed by atoms with Crippen LogP contribution in [0.5, 0.6) is 0 Å². The van der Waals surface area contributed by atoms with Crippen LogP contribution in [0.15, 0.2) is 36.5 Å². The number of esters is 3. The molecule has 6 nitrogen and oxygen atoms in total. The lowest BCUT2D eigenvalue weighted by Gasteiger charge is -2.18. The normalized spacial score (nSPS) is 12.2. The molecule has 0 aromatic rings. The summed E-state index contributed by atoms with van der Waals surface area (Å²) in [5, 5.41) is 0. The van der Waals surface area contributed by atoms with Crippen LogP contribution in [-0.2, 0) is 28.6 Å². The summed E-state index contributed by atoms with van der Waals surface area (Å²) in [6.07, 6.45) is 79.0. The molecule has 6 heteroatoms. The van der Waals surface area contributed by atoms with Crippen molar-refractivity contribution in [3.05, 3.63) is 36.5 Å². The van der Waals surface area contributed by atoms with Crippen LogP contribution < -0.4 is 0 Å². The molecule has 0 aromatic heterocycles. The van der Waals surface area contributed by atoms with Crippen LogP contribution in [0.1, 0.15) is 367 Å². The summed E-state index contributed by atoms with van der Waals surface area (Å²) in [6, 6.07) is 0. The highest BCUT2D eigenvalue weighted by atomic mass is 16.6. The van der Waals surface area contributed by atoms with Gasteiger partial charge in [-0.05, 0) is 77.0 Å². The molecule has 440 valence electrons. The molecule has 0 saturated heterocycles. The summed E-state index contributed by atoms with van der Waals surface area (Å²) in [5.41, 5.74) is 0. The van der Waals surface area contributed by atoms with Crippen molar-refractivity contribution in [1.82, 2.24) is 0 Å². The second-order valence-electron chi connectivity index (χ2n) is 22.7. The average molecular weight is 1050 g/mol. The average Bonchev–Trinajstić information content (AvgIpc) is 3.41. The molecule has 0 rings (SSSR count). The van der Waals surface area contributed by atoms with Gasteiger partial charge >= 0.3 is 17.9 Å². The molecule has 0 bridgehead atoms. The van der Waals surface area contributed by atoms with E-state index in [0.29, 0.717) is 19.3 Å². The van der Waals surface area contributed by atoms with Crippen LogP contribution in [0.4, 0.5) is 0 Å². The molecule has 0 heterocycles. The van der Waals surface area contributed by atoms with E-state index in [-0.39, 0.29) is 31.1 Å². The van der Waals surface area contributed by atoms with E-state index in [4.69, 9.17) is 14.2 Å². The van der Waals surface area contributed by atoms with E-state index in [0.717, 1.165) is 64.2 Å². The molecule has 1 atom stereocenters. The lowest BCUT2D eigenvalue weighted by molar-refractivity contribution is -0.167. The highest BCUT2D eigenvalue weighted by molar-refractivity contribution is 5.71. The molecule has 0 spiro atoms. The fraction of sp³-hybridized carbons (Fsp3) is 0.870. The van der Waals surface area contributed by atoms with Gasteiger partial charge in [-0.15, -0.1) is 0 Å². The Hall–Kier alpha value is -2.37. The molecular weight excluding hydrogens is 925 g/mol. The van der Waals surface area contributed by atoms with Crippen molar-refractivity contribution in [1.29, 1.82) is 0 Å². The van der Waals surface area contributed by atoms with Gasteiger partial charge < -0.3 is 14.2 Å². The van der Waals surface area contributed by atoms with Crippen molar-refractivity contribution in [3.8, 4) is 0 Å². The Morgan fingerprint density at radius 3 is 0.747 bits per heavy atom. The van der Waals surface area contributed by atoms with Crippen molar-refractivity contribution < 1.29 is 28.6 Å². The Morgan fingerprint density at radius 1 is 0.267 bits per heavy atom. The molecule has 75 heavy (non-hydrogen) atoms. The maximum atomic E-state index is 12.9. The van der Waals surface area contributed by atoms with E-state index < -0.39 is 6.10 Å². The number of unbranched alkanes of at least 4 members (excludes halogenated alkanes) is 45. The van der Waals surface area contributed by atoms with Crippen molar-refractivity contribution in [3.63, 3.8) is 0 Å². The van der Waals surface area contributed by atoms with Crippen molar-refractivity contribution >= 4 is 17.9 Å². The summed E-state index contributed by atoms with van der Waals surface area (Å²) in [6.45, 7) is 6.66. The highest BCUT2D eigenvalue weighted by Gasteiger charge is 2.19. The number of rotatable bonds is 62. The van der Waals surface area contributed by atoms with E-state index in [1.54, 1.807) is 0 Å². The van der Waals surface area contributed by atoms with E-state index in [9.17, 15) is 14.4 Å². The van der Waals surface area contributed by atoms with Crippen LogP contribution in [0.25, 0.3) is 0 Å². The van der Waals surface area contributed by atoms with Crippen LogP contribution in [0.3, 0.4) is 0 Å². The first-order chi connectivity index (χ1) is 37.0. The third kappa shape index (κ3) is 62.4. The minimum absolute atomic E-state index is 0.0685. The summed E-state index contributed by atoms with van der Waals surface area (Å²) in [5.74, 6) is -0.853. The van der Waals surface area contributed by atoms with Gasteiger partial charge in [0.25, 0.3) is 0 Å². The standard InChI is InChI=1S/C69H128O6/c1-4-7-10-13-16-19-21-23-25-27-28-29-30-31-32-33-34-35-36-37-38-39-40-42-43-45-47-50-53-56-59-62-68(71)74-65-66(64-73-67(70)61-58-55-52-49-18-15-12-9-6-3)75-69(72)63-60-57-54-51-48-46-44-41-26-24-22-20-17-14-11-8-5-2/h21,23-24,26-28,66H,4-20,22,25,29-65H2,1-3H3/b23-21-,26-24-,28-27-. The van der Waals surface area contributed by atoms with E-state index in [1.165, 1.54) is 263 Å². The monoisotopic (exact) mass is 1050 g/mol. The summed E-state index contributed by atoms with van der Waals surface area (Å²) in [4.78, 5) is 38.2. The van der Waals surface area contributed by atoms with Gasteiger partial charge in [0.1, 0.15) is 13.2 Å². The minimum Gasteiger partial charge on any atom is -0.462 e. The fourth-order valence-electron chi connectivity index (χ4n) is 10.1. The molecule has 0 aliphatic carbocycles. The quantitative estimate of drug-likeness (QED) is 0.0261. The number of hydrogen-bond donors (Lipinski definition) is 0. The summed E-state index contributed by atoms with van der Waals surface area (Å²) in [7, 11) is 0. The number of allylic oxidation sites excluding steroid dienone is 6. The van der Waals surface area contributed by atoms with Gasteiger partial charge in [-0.1, -0.05) is 308 Å². The molecule has 0 fully saturated rings. The fourth-order valence-corrected chi connectivity index (χ4v) is 10.1. The molecular formula is C69H128O6. The molecule has 0 radical (unpaired) electrons. The van der Waals surface area contributed by atoms with Gasteiger partial charge in [0.2, 0.25) is 0 Å². The van der Waals surface area contributed by atoms with E-state index in [2.05, 4.69) is 57.2 Å². The SMILES string of the molecule is CCCCCCC/C=C\C/C=C\CCCCCCCCCCCCCCCCCCCCCC(=O)OCC(COC(=O)CCCCCCCCCCC)OC(=O)CCCCCCCCC/C=C\CCCCCCCC. The maximum Gasteiger partial charge on any atom is 0.306 e. The van der Waals surface area contributed by atoms with Crippen molar-refractivity contribution in [2.24, 2.45) is 0 Å². The lowest BCUT2D eigenvalue weighted by atomic mass is 10.0. The van der Waals surface area contributed by atoms with Gasteiger partial charge in [0.15, 0.2) is 6.10 Å². The number of hydrogen-bond acceptors (Lipinski definition) is 6. The zero-order chi connectivity index (χ0) is 54.3. The van der Waals surface area contributed by atoms with E-state index in [1.807, 2.05) is 0 Å². The molecule has 0 aliphatic heterocycles. The summed E-state index contributed by atoms with van der Waals surface area (Å²) < 4.78 is 16.9. The first-order valence-electron chi connectivity index (χ1n) is 33.5. The van der Waals surface area contributed by atoms with Crippen LogP contribution in [0.2, 0.25) is 0 Å². The highest BCUT2D eigenvalue weighted by Crippen LogP contribution is 2.18. The molecule has 1 unspecified atom stereocenters. The van der Waals surface area contributed by atoms with Crippen molar-refractivity contribution in [2.45, 2.75) is 374 Å². The third-order valence-corrected chi connectivity index (χ3v) is 15.1. The van der Waals surface area contributed by atoms with Gasteiger partial charge in [0.05, 0.1) is 0 Å². The third-order valence-electron chi connectivity index (χ3n) is 15.1.